The summed E-state index contributed by atoms with van der Waals surface area (Å²) in [5.74, 6) is 0.682. The number of hydrogen-bond donors (Lipinski definition) is 1. The molecule has 0 fully saturated rings. The second-order valence-corrected chi connectivity index (χ2v) is 6.34. The standard InChI is InChI=1S/C16H18N6OS/c1-22-16(19-20-21-22)24-11-8-14(23)17-10-7-13-5-2-4-12-6-3-9-18-15(12)13/h2-6,9H,7-8,10-11H2,1H3,(H,17,23). The first-order chi connectivity index (χ1) is 11.7. The Hall–Kier alpha value is -2.48. The summed E-state index contributed by atoms with van der Waals surface area (Å²) < 4.78 is 1.59. The minimum Gasteiger partial charge on any atom is -0.356 e. The number of para-hydroxylation sites is 1. The first kappa shape index (κ1) is 16.4. The number of aromatic nitrogens is 5. The topological polar surface area (TPSA) is 85.6 Å². The number of rotatable bonds is 7. The van der Waals surface area contributed by atoms with E-state index in [9.17, 15) is 4.79 Å². The van der Waals surface area contributed by atoms with Gasteiger partial charge in [0.1, 0.15) is 0 Å². The fourth-order valence-electron chi connectivity index (χ4n) is 2.37. The van der Waals surface area contributed by atoms with Crippen LogP contribution in [0.1, 0.15) is 12.0 Å². The molecule has 3 aromatic rings. The van der Waals surface area contributed by atoms with E-state index in [1.165, 1.54) is 11.8 Å². The highest BCUT2D eigenvalue weighted by Gasteiger charge is 2.07. The number of fused-ring (bicyclic) bond motifs is 1. The Labute approximate surface area is 143 Å². The number of hydrogen-bond acceptors (Lipinski definition) is 6. The smallest absolute Gasteiger partial charge is 0.220 e. The molecule has 0 spiro atoms. The number of thioether (sulfide) groups is 1. The van der Waals surface area contributed by atoms with Crippen LogP contribution in [-0.2, 0) is 18.3 Å². The van der Waals surface area contributed by atoms with E-state index in [2.05, 4.69) is 31.9 Å². The minimum atomic E-state index is 0.0332. The Bertz CT molecular complexity index is 829. The molecule has 0 aliphatic carbocycles. The van der Waals surface area contributed by atoms with Gasteiger partial charge in [-0.15, -0.1) is 5.10 Å². The summed E-state index contributed by atoms with van der Waals surface area (Å²) in [6.07, 6.45) is 2.99. The molecule has 0 bridgehead atoms. The number of nitrogens with one attached hydrogen (secondary N) is 1. The molecule has 1 amide bonds. The second kappa shape index (κ2) is 7.87. The van der Waals surface area contributed by atoms with E-state index in [0.29, 0.717) is 23.9 Å². The normalized spacial score (nSPS) is 10.9. The number of nitrogens with zero attached hydrogens (tertiary/aromatic N) is 5. The summed E-state index contributed by atoms with van der Waals surface area (Å²) in [6, 6.07) is 10.1. The number of tetrazole rings is 1. The van der Waals surface area contributed by atoms with Crippen LogP contribution < -0.4 is 5.32 Å². The monoisotopic (exact) mass is 342 g/mol. The maximum absolute atomic E-state index is 11.9. The van der Waals surface area contributed by atoms with Gasteiger partial charge < -0.3 is 5.32 Å². The first-order valence-electron chi connectivity index (χ1n) is 7.68. The molecule has 0 atom stereocenters. The van der Waals surface area contributed by atoms with Gasteiger partial charge in [-0.3, -0.25) is 9.78 Å². The van der Waals surface area contributed by atoms with E-state index < -0.39 is 0 Å². The zero-order valence-electron chi connectivity index (χ0n) is 13.3. The Morgan fingerprint density at radius 1 is 1.29 bits per heavy atom. The lowest BCUT2D eigenvalue weighted by Crippen LogP contribution is -2.26. The van der Waals surface area contributed by atoms with Crippen LogP contribution in [-0.4, -0.2) is 43.4 Å². The second-order valence-electron chi connectivity index (χ2n) is 5.28. The van der Waals surface area contributed by atoms with Gasteiger partial charge >= 0.3 is 0 Å². The van der Waals surface area contributed by atoms with Crippen molar-refractivity contribution in [3.63, 3.8) is 0 Å². The van der Waals surface area contributed by atoms with Crippen molar-refractivity contribution in [2.24, 2.45) is 7.05 Å². The summed E-state index contributed by atoms with van der Waals surface area (Å²) in [4.78, 5) is 16.3. The Kier molecular flexibility index (Phi) is 5.37. The molecule has 2 heterocycles. The van der Waals surface area contributed by atoms with Crippen molar-refractivity contribution in [3.05, 3.63) is 42.1 Å². The third kappa shape index (κ3) is 4.08. The Balaban J connectivity index is 1.44. The molecule has 0 saturated heterocycles. The van der Waals surface area contributed by atoms with Gasteiger partial charge in [-0.2, -0.15) is 0 Å². The molecule has 8 heteroatoms. The van der Waals surface area contributed by atoms with Crippen LogP contribution in [0.5, 0.6) is 0 Å². The van der Waals surface area contributed by atoms with E-state index >= 15 is 0 Å². The largest absolute Gasteiger partial charge is 0.356 e. The zero-order valence-corrected chi connectivity index (χ0v) is 14.2. The third-order valence-corrected chi connectivity index (χ3v) is 4.59. The maximum Gasteiger partial charge on any atom is 0.220 e. The SMILES string of the molecule is Cn1nnnc1SCCC(=O)NCCc1cccc2cccnc12. The van der Waals surface area contributed by atoms with Crippen molar-refractivity contribution in [2.45, 2.75) is 18.0 Å². The molecule has 1 aromatic carbocycles. The molecule has 0 unspecified atom stereocenters. The summed E-state index contributed by atoms with van der Waals surface area (Å²) in [6.45, 7) is 0.602. The van der Waals surface area contributed by atoms with Crippen LogP contribution in [0.3, 0.4) is 0 Å². The van der Waals surface area contributed by atoms with Gasteiger partial charge in [0, 0.05) is 37.3 Å². The van der Waals surface area contributed by atoms with Crippen LogP contribution in [0, 0.1) is 0 Å². The number of carbonyl (C=O) groups excluding carboxylic acids is 1. The molecule has 0 aliphatic heterocycles. The fraction of sp³-hybridized carbons (Fsp3) is 0.312. The van der Waals surface area contributed by atoms with Gasteiger partial charge in [-0.05, 0) is 28.5 Å². The van der Waals surface area contributed by atoms with E-state index in [1.807, 2.05) is 24.3 Å². The van der Waals surface area contributed by atoms with Crippen molar-refractivity contribution >= 4 is 28.6 Å². The van der Waals surface area contributed by atoms with Crippen molar-refractivity contribution in [1.29, 1.82) is 0 Å². The fourth-order valence-corrected chi connectivity index (χ4v) is 3.16. The quantitative estimate of drug-likeness (QED) is 0.657. The van der Waals surface area contributed by atoms with Crippen LogP contribution in [0.25, 0.3) is 10.9 Å². The van der Waals surface area contributed by atoms with Crippen LogP contribution in [0.4, 0.5) is 0 Å². The molecule has 0 saturated carbocycles. The molecule has 2 aromatic heterocycles. The van der Waals surface area contributed by atoms with Gasteiger partial charge in [0.05, 0.1) is 5.52 Å². The van der Waals surface area contributed by atoms with Gasteiger partial charge in [0.2, 0.25) is 11.1 Å². The summed E-state index contributed by atoms with van der Waals surface area (Å²) in [5.41, 5.74) is 2.15. The van der Waals surface area contributed by atoms with Crippen molar-refractivity contribution < 1.29 is 4.79 Å². The van der Waals surface area contributed by atoms with E-state index in [0.717, 1.165) is 22.9 Å². The number of pyridine rings is 1. The maximum atomic E-state index is 11.9. The summed E-state index contributed by atoms with van der Waals surface area (Å²) >= 11 is 1.47. The lowest BCUT2D eigenvalue weighted by Gasteiger charge is -2.07. The van der Waals surface area contributed by atoms with Crippen LogP contribution >= 0.6 is 11.8 Å². The first-order valence-corrected chi connectivity index (χ1v) is 8.67. The molecule has 24 heavy (non-hydrogen) atoms. The van der Waals surface area contributed by atoms with Crippen molar-refractivity contribution in [2.75, 3.05) is 12.3 Å². The van der Waals surface area contributed by atoms with Crippen LogP contribution in [0.2, 0.25) is 0 Å². The third-order valence-electron chi connectivity index (χ3n) is 3.57. The lowest BCUT2D eigenvalue weighted by molar-refractivity contribution is -0.120. The molecule has 124 valence electrons. The highest BCUT2D eigenvalue weighted by molar-refractivity contribution is 7.99. The lowest BCUT2D eigenvalue weighted by atomic mass is 10.1. The minimum absolute atomic E-state index is 0.0332. The highest BCUT2D eigenvalue weighted by Crippen LogP contribution is 2.16. The average Bonchev–Trinajstić information content (AvgIpc) is 3.00. The van der Waals surface area contributed by atoms with Crippen LogP contribution in [0.15, 0.2) is 41.7 Å². The number of carbonyl (C=O) groups is 1. The summed E-state index contributed by atoms with van der Waals surface area (Å²) in [5, 5.41) is 16.0. The van der Waals surface area contributed by atoms with E-state index in [1.54, 1.807) is 17.9 Å². The average molecular weight is 342 g/mol. The molecule has 0 aliphatic rings. The molecule has 3 rings (SSSR count). The Morgan fingerprint density at radius 3 is 3.00 bits per heavy atom. The number of benzene rings is 1. The molecular formula is C16H18N6OS. The molecular weight excluding hydrogens is 324 g/mol. The van der Waals surface area contributed by atoms with Gasteiger partial charge in [-0.25, -0.2) is 4.68 Å². The highest BCUT2D eigenvalue weighted by atomic mass is 32.2. The molecule has 1 N–H and O–H groups in total. The van der Waals surface area contributed by atoms with E-state index in [4.69, 9.17) is 0 Å². The number of amides is 1. The summed E-state index contributed by atoms with van der Waals surface area (Å²) in [7, 11) is 1.78. The molecule has 0 radical (unpaired) electrons. The predicted molar refractivity (Wildman–Crippen MR) is 92.6 cm³/mol. The van der Waals surface area contributed by atoms with Gasteiger partial charge in [0.15, 0.2) is 0 Å². The molecule has 7 nitrogen and oxygen atoms in total. The van der Waals surface area contributed by atoms with E-state index in [-0.39, 0.29) is 5.91 Å². The van der Waals surface area contributed by atoms with Crippen molar-refractivity contribution in [1.82, 2.24) is 30.5 Å². The Morgan fingerprint density at radius 2 is 2.17 bits per heavy atom. The number of aryl methyl sites for hydroxylation is 1. The van der Waals surface area contributed by atoms with Gasteiger partial charge in [-0.1, -0.05) is 36.0 Å². The zero-order chi connectivity index (χ0) is 16.8. The van der Waals surface area contributed by atoms with Crippen molar-refractivity contribution in [3.8, 4) is 0 Å². The van der Waals surface area contributed by atoms with Gasteiger partial charge in [0.25, 0.3) is 0 Å². The predicted octanol–water partition coefficient (Wildman–Crippen LogP) is 1.60.